The molecule has 5 nitrogen and oxygen atoms in total. The summed E-state index contributed by atoms with van der Waals surface area (Å²) in [7, 11) is 4.16. The summed E-state index contributed by atoms with van der Waals surface area (Å²) in [5, 5.41) is 0. The lowest BCUT2D eigenvalue weighted by Gasteiger charge is -2.39. The average molecular weight is 356 g/mol. The SMILES string of the molecule is CN(C)c1nc(N2CCCC2)c2c(n1)C1(CC2)CCN(CC2CC2)CC1. The minimum absolute atomic E-state index is 0.317. The molecule has 0 bridgehead atoms. The van der Waals surface area contributed by atoms with E-state index in [1.807, 2.05) is 0 Å². The molecule has 0 atom stereocenters. The highest BCUT2D eigenvalue weighted by molar-refractivity contribution is 5.57. The largest absolute Gasteiger partial charge is 0.356 e. The third kappa shape index (κ3) is 2.88. The first-order valence-corrected chi connectivity index (χ1v) is 10.7. The van der Waals surface area contributed by atoms with Crippen LogP contribution in [0.5, 0.6) is 0 Å². The van der Waals surface area contributed by atoms with Gasteiger partial charge in [-0.05, 0) is 70.4 Å². The molecule has 5 heteroatoms. The van der Waals surface area contributed by atoms with Gasteiger partial charge in [0.25, 0.3) is 0 Å². The van der Waals surface area contributed by atoms with E-state index in [1.165, 1.54) is 101 Å². The first-order valence-electron chi connectivity index (χ1n) is 10.7. The van der Waals surface area contributed by atoms with Crippen LogP contribution in [0, 0.1) is 5.92 Å². The van der Waals surface area contributed by atoms with E-state index in [2.05, 4.69) is 28.8 Å². The van der Waals surface area contributed by atoms with Crippen molar-refractivity contribution < 1.29 is 0 Å². The fourth-order valence-electron chi connectivity index (χ4n) is 5.32. The van der Waals surface area contributed by atoms with Gasteiger partial charge in [-0.15, -0.1) is 0 Å². The minimum Gasteiger partial charge on any atom is -0.356 e. The van der Waals surface area contributed by atoms with Crippen molar-refractivity contribution in [1.29, 1.82) is 0 Å². The van der Waals surface area contributed by atoms with Crippen LogP contribution >= 0.6 is 0 Å². The first kappa shape index (κ1) is 16.8. The predicted octanol–water partition coefficient (Wildman–Crippen LogP) is 2.83. The number of nitrogens with zero attached hydrogens (tertiary/aromatic N) is 5. The minimum atomic E-state index is 0.317. The number of hydrogen-bond acceptors (Lipinski definition) is 5. The van der Waals surface area contributed by atoms with E-state index >= 15 is 0 Å². The maximum absolute atomic E-state index is 5.13. The van der Waals surface area contributed by atoms with Gasteiger partial charge in [-0.1, -0.05) is 0 Å². The Hall–Kier alpha value is -1.36. The van der Waals surface area contributed by atoms with Crippen molar-refractivity contribution >= 4 is 11.8 Å². The molecule has 2 saturated heterocycles. The van der Waals surface area contributed by atoms with Crippen molar-refractivity contribution in [1.82, 2.24) is 14.9 Å². The number of likely N-dealkylation sites (tertiary alicyclic amines) is 1. The number of anilines is 2. The van der Waals surface area contributed by atoms with Gasteiger partial charge in [-0.2, -0.15) is 4.98 Å². The molecule has 142 valence electrons. The van der Waals surface area contributed by atoms with Crippen LogP contribution in [-0.4, -0.2) is 61.7 Å². The molecule has 0 amide bonds. The third-order valence-electron chi connectivity index (χ3n) is 7.16. The van der Waals surface area contributed by atoms with Crippen molar-refractivity contribution in [2.75, 3.05) is 56.6 Å². The highest BCUT2D eigenvalue weighted by Crippen LogP contribution is 2.48. The lowest BCUT2D eigenvalue weighted by Crippen LogP contribution is -2.42. The summed E-state index contributed by atoms with van der Waals surface area (Å²) >= 11 is 0. The number of hydrogen-bond donors (Lipinski definition) is 0. The van der Waals surface area contributed by atoms with Crippen molar-refractivity contribution in [3.05, 3.63) is 11.3 Å². The fourth-order valence-corrected chi connectivity index (χ4v) is 5.32. The Morgan fingerprint density at radius 2 is 1.73 bits per heavy atom. The topological polar surface area (TPSA) is 35.5 Å². The molecule has 1 aromatic heterocycles. The van der Waals surface area contributed by atoms with Crippen molar-refractivity contribution in [3.8, 4) is 0 Å². The fraction of sp³-hybridized carbons (Fsp3) is 0.810. The van der Waals surface area contributed by atoms with Gasteiger partial charge in [-0.3, -0.25) is 0 Å². The molecule has 26 heavy (non-hydrogen) atoms. The molecule has 0 unspecified atom stereocenters. The van der Waals surface area contributed by atoms with Gasteiger partial charge >= 0.3 is 0 Å². The first-order chi connectivity index (χ1) is 12.6. The Balaban J connectivity index is 1.45. The molecule has 1 spiro atoms. The van der Waals surface area contributed by atoms with Crippen LogP contribution in [0.1, 0.15) is 56.2 Å². The maximum atomic E-state index is 5.13. The molecule has 2 aliphatic heterocycles. The molecule has 0 N–H and O–H groups in total. The highest BCUT2D eigenvalue weighted by Gasteiger charge is 2.45. The summed E-state index contributed by atoms with van der Waals surface area (Å²) in [5.74, 6) is 3.17. The lowest BCUT2D eigenvalue weighted by molar-refractivity contribution is 0.151. The molecule has 5 rings (SSSR count). The second kappa shape index (κ2) is 6.36. The van der Waals surface area contributed by atoms with E-state index < -0.39 is 0 Å². The van der Waals surface area contributed by atoms with E-state index in [0.717, 1.165) is 11.9 Å². The van der Waals surface area contributed by atoms with E-state index in [0.29, 0.717) is 5.41 Å². The third-order valence-corrected chi connectivity index (χ3v) is 7.16. The molecule has 1 aromatic rings. The van der Waals surface area contributed by atoms with Crippen molar-refractivity contribution in [2.24, 2.45) is 5.92 Å². The van der Waals surface area contributed by atoms with E-state index in [1.54, 1.807) is 0 Å². The number of rotatable bonds is 4. The van der Waals surface area contributed by atoms with E-state index in [-0.39, 0.29) is 0 Å². The molecule has 3 heterocycles. The highest BCUT2D eigenvalue weighted by atomic mass is 15.3. The zero-order valence-corrected chi connectivity index (χ0v) is 16.5. The van der Waals surface area contributed by atoms with Crippen LogP contribution in [0.4, 0.5) is 11.8 Å². The average Bonchev–Trinajstić information content (AvgIpc) is 3.17. The maximum Gasteiger partial charge on any atom is 0.227 e. The van der Waals surface area contributed by atoms with Gasteiger partial charge < -0.3 is 14.7 Å². The summed E-state index contributed by atoms with van der Waals surface area (Å²) in [4.78, 5) is 17.5. The molecule has 0 aromatic carbocycles. The quantitative estimate of drug-likeness (QED) is 0.830. The zero-order chi connectivity index (χ0) is 17.7. The molecule has 4 aliphatic rings. The van der Waals surface area contributed by atoms with Crippen LogP contribution in [0.3, 0.4) is 0 Å². The summed E-state index contributed by atoms with van der Waals surface area (Å²) in [6.45, 7) is 6.19. The van der Waals surface area contributed by atoms with Crippen LogP contribution in [0.15, 0.2) is 0 Å². The summed E-state index contributed by atoms with van der Waals surface area (Å²) in [6, 6.07) is 0. The van der Waals surface area contributed by atoms with E-state index in [9.17, 15) is 0 Å². The van der Waals surface area contributed by atoms with Crippen molar-refractivity contribution in [3.63, 3.8) is 0 Å². The molecule has 3 fully saturated rings. The molecular formula is C21H33N5. The Labute approximate surface area is 157 Å². The zero-order valence-electron chi connectivity index (χ0n) is 16.5. The van der Waals surface area contributed by atoms with Gasteiger partial charge in [0.1, 0.15) is 5.82 Å². The number of fused-ring (bicyclic) bond motifs is 2. The summed E-state index contributed by atoms with van der Waals surface area (Å²) < 4.78 is 0. The summed E-state index contributed by atoms with van der Waals surface area (Å²) in [6.07, 6.45) is 10.6. The monoisotopic (exact) mass is 355 g/mol. The van der Waals surface area contributed by atoms with Gasteiger partial charge in [-0.25, -0.2) is 4.98 Å². The molecule has 0 radical (unpaired) electrons. The number of aromatic nitrogens is 2. The van der Waals surface area contributed by atoms with E-state index in [4.69, 9.17) is 9.97 Å². The smallest absolute Gasteiger partial charge is 0.227 e. The molecular weight excluding hydrogens is 322 g/mol. The van der Waals surface area contributed by atoms with Gasteiger partial charge in [0, 0.05) is 44.7 Å². The van der Waals surface area contributed by atoms with Gasteiger partial charge in [0.15, 0.2) is 0 Å². The number of piperidine rings is 1. The van der Waals surface area contributed by atoms with Crippen LogP contribution in [-0.2, 0) is 11.8 Å². The van der Waals surface area contributed by atoms with Gasteiger partial charge in [0.05, 0.1) is 5.69 Å². The normalized spacial score (nSPS) is 25.1. The standard InChI is InChI=1S/C21H33N5/c1-24(2)20-22-18-17(19(23-20)26-11-3-4-12-26)7-8-21(18)9-13-25(14-10-21)15-16-5-6-16/h16H,3-15H2,1-2H3. The Morgan fingerprint density at radius 1 is 1.00 bits per heavy atom. The Bertz CT molecular complexity index is 667. The Morgan fingerprint density at radius 3 is 2.38 bits per heavy atom. The molecule has 1 saturated carbocycles. The van der Waals surface area contributed by atoms with Crippen LogP contribution in [0.2, 0.25) is 0 Å². The lowest BCUT2D eigenvalue weighted by atomic mass is 9.76. The second-order valence-electron chi connectivity index (χ2n) is 9.29. The van der Waals surface area contributed by atoms with Gasteiger partial charge in [0.2, 0.25) is 5.95 Å². The van der Waals surface area contributed by atoms with Crippen LogP contribution in [0.25, 0.3) is 0 Å². The molecule has 2 aliphatic carbocycles. The van der Waals surface area contributed by atoms with Crippen molar-refractivity contribution in [2.45, 2.75) is 56.8 Å². The Kier molecular flexibility index (Phi) is 4.11. The second-order valence-corrected chi connectivity index (χ2v) is 9.29. The predicted molar refractivity (Wildman–Crippen MR) is 106 cm³/mol. The summed E-state index contributed by atoms with van der Waals surface area (Å²) in [5.41, 5.74) is 3.20. The van der Waals surface area contributed by atoms with Crippen LogP contribution < -0.4 is 9.80 Å².